The largest absolute Gasteiger partial charge is 0.478 e. The molecule has 130 valence electrons. The van der Waals surface area contributed by atoms with E-state index in [0.717, 1.165) is 37.4 Å². The van der Waals surface area contributed by atoms with E-state index in [1.165, 1.54) is 31.0 Å². The van der Waals surface area contributed by atoms with Gasteiger partial charge in [0.05, 0.1) is 30.7 Å². The van der Waals surface area contributed by atoms with Gasteiger partial charge in [0.15, 0.2) is 5.82 Å². The van der Waals surface area contributed by atoms with Crippen molar-refractivity contribution in [3.8, 4) is 5.88 Å². The van der Waals surface area contributed by atoms with E-state index >= 15 is 0 Å². The maximum Gasteiger partial charge on any atom is 0.213 e. The van der Waals surface area contributed by atoms with E-state index in [9.17, 15) is 0 Å². The zero-order chi connectivity index (χ0) is 16.6. The maximum atomic E-state index is 6.39. The SMILES string of the molecule is NC(c1ccnc(OCCCNc2cnsn2)c1)N1CCCCC1. The summed E-state index contributed by atoms with van der Waals surface area (Å²) in [6, 6.07) is 3.93. The Hall–Kier alpha value is -1.77. The van der Waals surface area contributed by atoms with Crippen LogP contribution in [0.4, 0.5) is 5.82 Å². The minimum atomic E-state index is -0.0746. The average Bonchev–Trinajstić information content (AvgIpc) is 3.15. The number of pyridine rings is 1. The number of piperidine rings is 1. The third kappa shape index (κ3) is 4.86. The molecular weight excluding hydrogens is 324 g/mol. The van der Waals surface area contributed by atoms with E-state index in [1.807, 2.05) is 12.1 Å². The minimum absolute atomic E-state index is 0.0746. The highest BCUT2D eigenvalue weighted by Gasteiger charge is 2.19. The molecule has 3 rings (SSSR count). The van der Waals surface area contributed by atoms with Gasteiger partial charge in [0.1, 0.15) is 0 Å². The lowest BCUT2D eigenvalue weighted by Crippen LogP contribution is -2.38. The van der Waals surface area contributed by atoms with Crippen LogP contribution in [-0.4, -0.2) is 44.9 Å². The van der Waals surface area contributed by atoms with Gasteiger partial charge in [-0.15, -0.1) is 0 Å². The van der Waals surface area contributed by atoms with Crippen molar-refractivity contribution in [3.63, 3.8) is 0 Å². The van der Waals surface area contributed by atoms with E-state index in [0.29, 0.717) is 12.5 Å². The minimum Gasteiger partial charge on any atom is -0.478 e. The van der Waals surface area contributed by atoms with Crippen LogP contribution in [0.3, 0.4) is 0 Å². The number of hydrogen-bond donors (Lipinski definition) is 2. The first-order valence-electron chi connectivity index (χ1n) is 8.43. The second kappa shape index (κ2) is 8.91. The summed E-state index contributed by atoms with van der Waals surface area (Å²) in [6.07, 6.45) is 8.04. The lowest BCUT2D eigenvalue weighted by atomic mass is 10.1. The highest BCUT2D eigenvalue weighted by Crippen LogP contribution is 2.22. The van der Waals surface area contributed by atoms with Crippen molar-refractivity contribution in [3.05, 3.63) is 30.1 Å². The van der Waals surface area contributed by atoms with E-state index < -0.39 is 0 Å². The van der Waals surface area contributed by atoms with Crippen LogP contribution in [0.25, 0.3) is 0 Å². The molecule has 3 N–H and O–H groups in total. The molecule has 0 spiro atoms. The Labute approximate surface area is 146 Å². The summed E-state index contributed by atoms with van der Waals surface area (Å²) in [5.74, 6) is 1.45. The molecule has 0 aromatic carbocycles. The van der Waals surface area contributed by atoms with E-state index in [2.05, 4.69) is 23.9 Å². The summed E-state index contributed by atoms with van der Waals surface area (Å²) in [6.45, 7) is 3.52. The fourth-order valence-corrected chi connectivity index (χ4v) is 3.20. The van der Waals surface area contributed by atoms with Crippen molar-refractivity contribution in [2.45, 2.75) is 31.8 Å². The number of anilines is 1. The monoisotopic (exact) mass is 348 g/mol. The number of aromatic nitrogens is 3. The summed E-state index contributed by atoms with van der Waals surface area (Å²) in [4.78, 5) is 6.60. The quantitative estimate of drug-likeness (QED) is 0.707. The van der Waals surface area contributed by atoms with Gasteiger partial charge < -0.3 is 15.8 Å². The first kappa shape index (κ1) is 17.1. The second-order valence-corrected chi connectivity index (χ2v) is 6.45. The third-order valence-electron chi connectivity index (χ3n) is 4.12. The summed E-state index contributed by atoms with van der Waals surface area (Å²) in [5, 5.41) is 3.19. The Kier molecular flexibility index (Phi) is 6.33. The molecule has 0 aliphatic carbocycles. The van der Waals surface area contributed by atoms with Crippen molar-refractivity contribution in [1.82, 2.24) is 18.6 Å². The van der Waals surface area contributed by atoms with Crippen LogP contribution in [0.15, 0.2) is 24.5 Å². The lowest BCUT2D eigenvalue weighted by Gasteiger charge is -2.32. The number of nitrogens with zero attached hydrogens (tertiary/aromatic N) is 4. The van der Waals surface area contributed by atoms with Gasteiger partial charge in [0, 0.05) is 18.8 Å². The molecule has 0 amide bonds. The van der Waals surface area contributed by atoms with Crippen molar-refractivity contribution >= 4 is 17.5 Å². The predicted molar refractivity (Wildman–Crippen MR) is 95.1 cm³/mol. The van der Waals surface area contributed by atoms with Crippen LogP contribution in [-0.2, 0) is 0 Å². The van der Waals surface area contributed by atoms with Crippen molar-refractivity contribution in [2.24, 2.45) is 5.73 Å². The summed E-state index contributed by atoms with van der Waals surface area (Å²) in [7, 11) is 0. The van der Waals surface area contributed by atoms with Gasteiger partial charge in [0.2, 0.25) is 5.88 Å². The fourth-order valence-electron chi connectivity index (χ4n) is 2.80. The number of nitrogens with one attached hydrogen (secondary N) is 1. The van der Waals surface area contributed by atoms with Gasteiger partial charge in [-0.2, -0.15) is 8.75 Å². The summed E-state index contributed by atoms with van der Waals surface area (Å²) < 4.78 is 13.8. The molecule has 2 aromatic heterocycles. The number of likely N-dealkylation sites (tertiary alicyclic amines) is 1. The Bertz CT molecular complexity index is 602. The molecule has 1 fully saturated rings. The Morgan fingerprint density at radius 1 is 1.33 bits per heavy atom. The zero-order valence-electron chi connectivity index (χ0n) is 13.7. The van der Waals surface area contributed by atoms with Gasteiger partial charge in [-0.25, -0.2) is 4.98 Å². The molecule has 8 heteroatoms. The summed E-state index contributed by atoms with van der Waals surface area (Å²) >= 11 is 1.20. The number of hydrogen-bond acceptors (Lipinski definition) is 8. The molecule has 24 heavy (non-hydrogen) atoms. The third-order valence-corrected chi connectivity index (χ3v) is 4.60. The van der Waals surface area contributed by atoms with Crippen LogP contribution < -0.4 is 15.8 Å². The Morgan fingerprint density at radius 2 is 2.21 bits per heavy atom. The molecular formula is C16H24N6OS. The number of ether oxygens (including phenoxy) is 1. The van der Waals surface area contributed by atoms with Crippen molar-refractivity contribution < 1.29 is 4.74 Å². The molecule has 0 bridgehead atoms. The van der Waals surface area contributed by atoms with Gasteiger partial charge in [-0.1, -0.05) is 6.42 Å². The standard InChI is InChI=1S/C16H24N6OS/c17-16(22-8-2-1-3-9-22)13-5-7-19-15(11-13)23-10-4-6-18-14-12-20-24-21-14/h5,7,11-12,16H,1-4,6,8-10,17H2,(H,18,21). The second-order valence-electron chi connectivity index (χ2n) is 5.89. The molecule has 7 nitrogen and oxygen atoms in total. The fraction of sp³-hybridized carbons (Fsp3) is 0.562. The van der Waals surface area contributed by atoms with Crippen molar-refractivity contribution in [2.75, 3.05) is 31.6 Å². The molecule has 1 unspecified atom stereocenters. The average molecular weight is 348 g/mol. The first-order chi connectivity index (χ1) is 11.8. The molecule has 1 atom stereocenters. The topological polar surface area (TPSA) is 89.2 Å². The van der Waals surface area contributed by atoms with Crippen LogP contribution in [0.5, 0.6) is 5.88 Å². The normalized spacial score (nSPS) is 16.7. The molecule has 1 saturated heterocycles. The Morgan fingerprint density at radius 3 is 3.00 bits per heavy atom. The smallest absolute Gasteiger partial charge is 0.213 e. The molecule has 2 aromatic rings. The zero-order valence-corrected chi connectivity index (χ0v) is 14.5. The first-order valence-corrected chi connectivity index (χ1v) is 9.16. The van der Waals surface area contributed by atoms with E-state index in [1.54, 1.807) is 12.4 Å². The molecule has 3 heterocycles. The van der Waals surface area contributed by atoms with Crippen LogP contribution in [0.1, 0.15) is 37.4 Å². The van der Waals surface area contributed by atoms with Gasteiger partial charge in [-0.3, -0.25) is 4.90 Å². The van der Waals surface area contributed by atoms with Gasteiger partial charge >= 0.3 is 0 Å². The Balaban J connectivity index is 1.44. The summed E-state index contributed by atoms with van der Waals surface area (Å²) in [5.41, 5.74) is 7.45. The highest BCUT2D eigenvalue weighted by molar-refractivity contribution is 6.99. The number of rotatable bonds is 8. The van der Waals surface area contributed by atoms with Crippen molar-refractivity contribution in [1.29, 1.82) is 0 Å². The predicted octanol–water partition coefficient (Wildman–Crippen LogP) is 2.26. The van der Waals surface area contributed by atoms with Gasteiger partial charge in [-0.05, 0) is 44.0 Å². The molecule has 1 aliphatic rings. The molecule has 1 aliphatic heterocycles. The van der Waals surface area contributed by atoms with E-state index in [4.69, 9.17) is 10.5 Å². The highest BCUT2D eigenvalue weighted by atomic mass is 32.1. The molecule has 0 radical (unpaired) electrons. The van der Waals surface area contributed by atoms with Crippen LogP contribution in [0, 0.1) is 0 Å². The van der Waals surface area contributed by atoms with Crippen LogP contribution in [0.2, 0.25) is 0 Å². The van der Waals surface area contributed by atoms with E-state index in [-0.39, 0.29) is 6.17 Å². The van der Waals surface area contributed by atoms with Crippen LogP contribution >= 0.6 is 11.7 Å². The maximum absolute atomic E-state index is 6.39. The number of nitrogens with two attached hydrogens (primary N) is 1. The lowest BCUT2D eigenvalue weighted by molar-refractivity contribution is 0.166. The molecule has 0 saturated carbocycles. The van der Waals surface area contributed by atoms with Gasteiger partial charge in [0.25, 0.3) is 0 Å².